The first-order valence-corrected chi connectivity index (χ1v) is 6.09. The molecule has 2 aromatic rings. The topological polar surface area (TPSA) is 85.8 Å². The van der Waals surface area contributed by atoms with Gasteiger partial charge in [0.2, 0.25) is 5.91 Å². The number of pyridine rings is 1. The standard InChI is InChI=1S/C13H17N5O/c1-9(2)12(14)13(19)17-10-3-4-11(16-7-10)18-6-5-15-8-18/h3-9,12H,14H2,1-2H3,(H,17,19)/t12-/m1/s1. The minimum atomic E-state index is -0.520. The quantitative estimate of drug-likeness (QED) is 0.863. The summed E-state index contributed by atoms with van der Waals surface area (Å²) in [5.74, 6) is 0.633. The van der Waals surface area contributed by atoms with Gasteiger partial charge in [-0.1, -0.05) is 13.8 Å². The molecule has 2 aromatic heterocycles. The number of aromatic nitrogens is 3. The maximum atomic E-state index is 11.8. The van der Waals surface area contributed by atoms with E-state index in [4.69, 9.17) is 5.73 Å². The molecule has 0 saturated carbocycles. The van der Waals surface area contributed by atoms with Crippen LogP contribution >= 0.6 is 0 Å². The molecule has 0 radical (unpaired) electrons. The highest BCUT2D eigenvalue weighted by Gasteiger charge is 2.17. The van der Waals surface area contributed by atoms with Gasteiger partial charge in [0.15, 0.2) is 0 Å². The molecule has 0 aromatic carbocycles. The van der Waals surface area contributed by atoms with Crippen molar-refractivity contribution in [1.82, 2.24) is 14.5 Å². The fourth-order valence-corrected chi connectivity index (χ4v) is 1.54. The predicted octanol–water partition coefficient (Wildman–Crippen LogP) is 1.19. The molecular weight excluding hydrogens is 242 g/mol. The molecule has 6 heteroatoms. The van der Waals surface area contributed by atoms with Gasteiger partial charge >= 0.3 is 0 Å². The van der Waals surface area contributed by atoms with E-state index in [1.165, 1.54) is 0 Å². The fourth-order valence-electron chi connectivity index (χ4n) is 1.54. The molecule has 2 rings (SSSR count). The Balaban J connectivity index is 2.05. The highest BCUT2D eigenvalue weighted by atomic mass is 16.2. The summed E-state index contributed by atoms with van der Waals surface area (Å²) in [6.45, 7) is 3.81. The number of rotatable bonds is 4. The van der Waals surface area contributed by atoms with Crippen molar-refractivity contribution in [1.29, 1.82) is 0 Å². The van der Waals surface area contributed by atoms with E-state index in [9.17, 15) is 4.79 Å². The summed E-state index contributed by atoms with van der Waals surface area (Å²) in [5.41, 5.74) is 6.40. The number of hydrogen-bond donors (Lipinski definition) is 2. The summed E-state index contributed by atoms with van der Waals surface area (Å²) in [5, 5.41) is 2.74. The number of carbonyl (C=O) groups excluding carboxylic acids is 1. The molecule has 6 nitrogen and oxygen atoms in total. The van der Waals surface area contributed by atoms with Gasteiger partial charge in [0, 0.05) is 12.4 Å². The van der Waals surface area contributed by atoms with Crippen LogP contribution in [0.15, 0.2) is 37.1 Å². The first kappa shape index (κ1) is 13.2. The van der Waals surface area contributed by atoms with Gasteiger partial charge in [-0.05, 0) is 18.1 Å². The Kier molecular flexibility index (Phi) is 3.91. The molecule has 0 fully saturated rings. The molecule has 0 saturated heterocycles. The largest absolute Gasteiger partial charge is 0.323 e. The van der Waals surface area contributed by atoms with Crippen LogP contribution in [0.3, 0.4) is 0 Å². The zero-order chi connectivity index (χ0) is 13.8. The van der Waals surface area contributed by atoms with Crippen LogP contribution < -0.4 is 11.1 Å². The molecule has 100 valence electrons. The van der Waals surface area contributed by atoms with Crippen LogP contribution in [0, 0.1) is 5.92 Å². The van der Waals surface area contributed by atoms with Crippen LogP contribution in [-0.2, 0) is 4.79 Å². The van der Waals surface area contributed by atoms with E-state index >= 15 is 0 Å². The van der Waals surface area contributed by atoms with Crippen molar-refractivity contribution in [3.8, 4) is 5.82 Å². The second-order valence-electron chi connectivity index (χ2n) is 4.63. The number of nitrogens with zero attached hydrogens (tertiary/aromatic N) is 3. The second-order valence-corrected chi connectivity index (χ2v) is 4.63. The highest BCUT2D eigenvalue weighted by molar-refractivity contribution is 5.94. The summed E-state index contributed by atoms with van der Waals surface area (Å²) in [4.78, 5) is 20.0. The lowest BCUT2D eigenvalue weighted by atomic mass is 10.1. The van der Waals surface area contributed by atoms with E-state index in [0.717, 1.165) is 5.82 Å². The summed E-state index contributed by atoms with van der Waals surface area (Å²) in [7, 11) is 0. The first-order chi connectivity index (χ1) is 9.08. The third-order valence-corrected chi connectivity index (χ3v) is 2.81. The van der Waals surface area contributed by atoms with Gasteiger partial charge in [-0.25, -0.2) is 9.97 Å². The van der Waals surface area contributed by atoms with Gasteiger partial charge in [0.25, 0.3) is 0 Å². The fraction of sp³-hybridized carbons (Fsp3) is 0.308. The Morgan fingerprint density at radius 1 is 1.42 bits per heavy atom. The average molecular weight is 259 g/mol. The lowest BCUT2D eigenvalue weighted by Gasteiger charge is -2.15. The summed E-state index contributed by atoms with van der Waals surface area (Å²) >= 11 is 0. The second kappa shape index (κ2) is 5.62. The summed E-state index contributed by atoms with van der Waals surface area (Å²) < 4.78 is 1.78. The van der Waals surface area contributed by atoms with Crippen LogP contribution in [-0.4, -0.2) is 26.5 Å². The maximum Gasteiger partial charge on any atom is 0.241 e. The summed E-state index contributed by atoms with van der Waals surface area (Å²) in [6, 6.07) is 3.07. The van der Waals surface area contributed by atoms with E-state index in [1.807, 2.05) is 13.8 Å². The van der Waals surface area contributed by atoms with Crippen LogP contribution in [0.4, 0.5) is 5.69 Å². The third-order valence-electron chi connectivity index (χ3n) is 2.81. The van der Waals surface area contributed by atoms with Gasteiger partial charge in [0.1, 0.15) is 12.1 Å². The van der Waals surface area contributed by atoms with Crippen molar-refractivity contribution in [3.05, 3.63) is 37.1 Å². The number of imidazole rings is 1. The van der Waals surface area contributed by atoms with Crippen LogP contribution in [0.2, 0.25) is 0 Å². The Morgan fingerprint density at radius 3 is 2.74 bits per heavy atom. The Morgan fingerprint density at radius 2 is 2.21 bits per heavy atom. The normalized spacial score (nSPS) is 12.4. The third kappa shape index (κ3) is 3.17. The minimum absolute atomic E-state index is 0.0955. The zero-order valence-corrected chi connectivity index (χ0v) is 10.9. The Hall–Kier alpha value is -2.21. The highest BCUT2D eigenvalue weighted by Crippen LogP contribution is 2.10. The molecule has 0 bridgehead atoms. The molecular formula is C13H17N5O. The Bertz CT molecular complexity index is 533. The molecule has 1 amide bonds. The van der Waals surface area contributed by atoms with Gasteiger partial charge in [-0.15, -0.1) is 0 Å². The van der Waals surface area contributed by atoms with Gasteiger partial charge in [0.05, 0.1) is 17.9 Å². The number of anilines is 1. The maximum absolute atomic E-state index is 11.8. The van der Waals surface area contributed by atoms with Crippen molar-refractivity contribution in [3.63, 3.8) is 0 Å². The van der Waals surface area contributed by atoms with Gasteiger partial charge in [-0.3, -0.25) is 9.36 Å². The van der Waals surface area contributed by atoms with E-state index in [0.29, 0.717) is 5.69 Å². The van der Waals surface area contributed by atoms with Crippen molar-refractivity contribution < 1.29 is 4.79 Å². The molecule has 0 aliphatic carbocycles. The molecule has 0 aliphatic rings. The minimum Gasteiger partial charge on any atom is -0.323 e. The predicted molar refractivity (Wildman–Crippen MR) is 72.8 cm³/mol. The number of amides is 1. The molecule has 2 heterocycles. The SMILES string of the molecule is CC(C)[C@@H](N)C(=O)Nc1ccc(-n2ccnc2)nc1. The van der Waals surface area contributed by atoms with E-state index < -0.39 is 6.04 Å². The van der Waals surface area contributed by atoms with Crippen LogP contribution in [0.5, 0.6) is 0 Å². The van der Waals surface area contributed by atoms with Crippen molar-refractivity contribution in [2.24, 2.45) is 11.7 Å². The molecule has 0 unspecified atom stereocenters. The monoisotopic (exact) mass is 259 g/mol. The van der Waals surface area contributed by atoms with Crippen molar-refractivity contribution in [2.75, 3.05) is 5.32 Å². The number of nitrogens with two attached hydrogens (primary N) is 1. The molecule has 3 N–H and O–H groups in total. The molecule has 19 heavy (non-hydrogen) atoms. The summed E-state index contributed by atoms with van der Waals surface area (Å²) in [6.07, 6.45) is 6.74. The van der Waals surface area contributed by atoms with E-state index in [2.05, 4.69) is 15.3 Å². The van der Waals surface area contributed by atoms with Gasteiger partial charge < -0.3 is 11.1 Å². The number of hydrogen-bond acceptors (Lipinski definition) is 4. The van der Waals surface area contributed by atoms with Gasteiger partial charge in [-0.2, -0.15) is 0 Å². The lowest BCUT2D eigenvalue weighted by Crippen LogP contribution is -2.39. The van der Waals surface area contributed by atoms with Crippen LogP contribution in [0.25, 0.3) is 5.82 Å². The number of nitrogens with one attached hydrogen (secondary N) is 1. The van der Waals surface area contributed by atoms with E-state index in [-0.39, 0.29) is 11.8 Å². The van der Waals surface area contributed by atoms with E-state index in [1.54, 1.807) is 41.6 Å². The van der Waals surface area contributed by atoms with Crippen LogP contribution in [0.1, 0.15) is 13.8 Å². The lowest BCUT2D eigenvalue weighted by molar-refractivity contribution is -0.118. The Labute approximate surface area is 111 Å². The molecule has 0 aliphatic heterocycles. The average Bonchev–Trinajstić information content (AvgIpc) is 2.92. The molecule has 0 spiro atoms. The van der Waals surface area contributed by atoms with Crippen molar-refractivity contribution in [2.45, 2.75) is 19.9 Å². The number of carbonyl (C=O) groups is 1. The zero-order valence-electron chi connectivity index (χ0n) is 10.9. The first-order valence-electron chi connectivity index (χ1n) is 6.09. The van der Waals surface area contributed by atoms with Crippen molar-refractivity contribution >= 4 is 11.6 Å². The molecule has 1 atom stereocenters. The smallest absolute Gasteiger partial charge is 0.241 e.